The third-order valence-electron chi connectivity index (χ3n) is 3.02. The minimum Gasteiger partial charge on any atom is -0.459 e. The lowest BCUT2D eigenvalue weighted by Crippen LogP contribution is -2.18. The fourth-order valence-corrected chi connectivity index (χ4v) is 1.97. The van der Waals surface area contributed by atoms with Crippen molar-refractivity contribution in [3.05, 3.63) is 35.9 Å². The molecule has 1 fully saturated rings. The molecule has 1 aromatic rings. The van der Waals surface area contributed by atoms with Crippen molar-refractivity contribution in [1.29, 1.82) is 0 Å². The largest absolute Gasteiger partial charge is 0.459 e. The van der Waals surface area contributed by atoms with Crippen LogP contribution in [0.2, 0.25) is 0 Å². The van der Waals surface area contributed by atoms with Gasteiger partial charge in [-0.1, -0.05) is 30.3 Å². The van der Waals surface area contributed by atoms with Crippen LogP contribution in [0, 0.1) is 5.41 Å². The van der Waals surface area contributed by atoms with Gasteiger partial charge in [0.2, 0.25) is 0 Å². The number of hydrogen-bond donors (Lipinski definition) is 1. The lowest BCUT2D eigenvalue weighted by molar-refractivity contribution is -0.150. The Bertz CT molecular complexity index is 383. The van der Waals surface area contributed by atoms with Crippen LogP contribution in [0.1, 0.15) is 31.9 Å². The van der Waals surface area contributed by atoms with Crippen LogP contribution in [0.4, 0.5) is 0 Å². The zero-order chi connectivity index (χ0) is 11.8. The quantitative estimate of drug-likeness (QED) is 0.776. The molecule has 1 aliphatic rings. The van der Waals surface area contributed by atoms with Crippen molar-refractivity contribution >= 4 is 5.97 Å². The van der Waals surface area contributed by atoms with Crippen LogP contribution < -0.4 is 0 Å². The first-order valence-corrected chi connectivity index (χ1v) is 5.45. The number of carbonyl (C=O) groups is 1. The van der Waals surface area contributed by atoms with Gasteiger partial charge >= 0.3 is 5.97 Å². The molecule has 1 saturated heterocycles. The summed E-state index contributed by atoms with van der Waals surface area (Å²) in [7, 11) is 0. The van der Waals surface area contributed by atoms with Crippen LogP contribution in [-0.2, 0) is 9.53 Å². The summed E-state index contributed by atoms with van der Waals surface area (Å²) >= 11 is 0. The number of aliphatic hydroxyl groups is 1. The van der Waals surface area contributed by atoms with Crippen molar-refractivity contribution in [3.63, 3.8) is 0 Å². The normalized spacial score (nSPS) is 25.2. The Labute approximate surface area is 95.0 Å². The number of cyclic esters (lactones) is 1. The summed E-state index contributed by atoms with van der Waals surface area (Å²) in [6.07, 6.45) is -0.598. The number of hydrogen-bond acceptors (Lipinski definition) is 3. The minimum atomic E-state index is -0.730. The van der Waals surface area contributed by atoms with Gasteiger partial charge < -0.3 is 9.84 Å². The van der Waals surface area contributed by atoms with E-state index in [-0.39, 0.29) is 5.97 Å². The topological polar surface area (TPSA) is 46.5 Å². The van der Waals surface area contributed by atoms with Gasteiger partial charge in [0.15, 0.2) is 0 Å². The van der Waals surface area contributed by atoms with Gasteiger partial charge in [0, 0.05) is 6.42 Å². The predicted octanol–water partition coefficient (Wildman–Crippen LogP) is 2.06. The number of carbonyl (C=O) groups excluding carboxylic acids is 1. The van der Waals surface area contributed by atoms with Crippen molar-refractivity contribution in [2.24, 2.45) is 5.41 Å². The maximum atomic E-state index is 11.5. The Kier molecular flexibility index (Phi) is 2.72. The molecule has 0 radical (unpaired) electrons. The molecule has 0 unspecified atom stereocenters. The molecule has 1 heterocycles. The van der Waals surface area contributed by atoms with E-state index in [0.717, 1.165) is 5.56 Å². The fourth-order valence-electron chi connectivity index (χ4n) is 1.97. The van der Waals surface area contributed by atoms with Crippen LogP contribution in [0.5, 0.6) is 0 Å². The molecule has 16 heavy (non-hydrogen) atoms. The molecule has 1 N–H and O–H groups in total. The van der Waals surface area contributed by atoms with Crippen molar-refractivity contribution in [2.75, 3.05) is 0 Å². The average molecular weight is 220 g/mol. The smallest absolute Gasteiger partial charge is 0.312 e. The molecule has 0 amide bonds. The Hall–Kier alpha value is -1.35. The highest BCUT2D eigenvalue weighted by Crippen LogP contribution is 2.38. The van der Waals surface area contributed by atoms with E-state index in [9.17, 15) is 9.90 Å². The van der Waals surface area contributed by atoms with Gasteiger partial charge in [-0.15, -0.1) is 0 Å². The molecule has 86 valence electrons. The molecule has 0 spiro atoms. The van der Waals surface area contributed by atoms with E-state index in [2.05, 4.69) is 0 Å². The van der Waals surface area contributed by atoms with Crippen molar-refractivity contribution in [2.45, 2.75) is 32.5 Å². The number of aliphatic hydroxyl groups excluding tert-OH is 1. The Morgan fingerprint density at radius 3 is 2.50 bits per heavy atom. The van der Waals surface area contributed by atoms with Crippen molar-refractivity contribution in [1.82, 2.24) is 0 Å². The maximum absolute atomic E-state index is 11.5. The first-order chi connectivity index (χ1) is 7.50. The van der Waals surface area contributed by atoms with E-state index in [4.69, 9.17) is 4.74 Å². The molecule has 2 atom stereocenters. The predicted molar refractivity (Wildman–Crippen MR) is 59.7 cm³/mol. The Morgan fingerprint density at radius 1 is 1.38 bits per heavy atom. The van der Waals surface area contributed by atoms with E-state index >= 15 is 0 Å². The highest BCUT2D eigenvalue weighted by molar-refractivity contribution is 5.78. The monoisotopic (exact) mass is 220 g/mol. The van der Waals surface area contributed by atoms with Gasteiger partial charge in [-0.25, -0.2) is 0 Å². The van der Waals surface area contributed by atoms with Gasteiger partial charge in [-0.05, 0) is 19.4 Å². The van der Waals surface area contributed by atoms with Crippen LogP contribution in [-0.4, -0.2) is 17.2 Å². The number of esters is 1. The van der Waals surface area contributed by atoms with Crippen LogP contribution in [0.3, 0.4) is 0 Å². The minimum absolute atomic E-state index is 0.229. The van der Waals surface area contributed by atoms with E-state index in [1.807, 2.05) is 44.2 Å². The second-order valence-electron chi connectivity index (χ2n) is 4.89. The second kappa shape index (κ2) is 3.91. The first kappa shape index (κ1) is 11.1. The van der Waals surface area contributed by atoms with Crippen LogP contribution >= 0.6 is 0 Å². The molecule has 0 bridgehead atoms. The molecule has 3 nitrogen and oxygen atoms in total. The molecule has 2 rings (SSSR count). The van der Waals surface area contributed by atoms with Gasteiger partial charge in [-0.3, -0.25) is 4.79 Å². The summed E-state index contributed by atoms with van der Waals surface area (Å²) < 4.78 is 5.20. The second-order valence-corrected chi connectivity index (χ2v) is 4.89. The van der Waals surface area contributed by atoms with Crippen LogP contribution in [0.25, 0.3) is 0 Å². The highest BCUT2D eigenvalue weighted by atomic mass is 16.6. The fraction of sp³-hybridized carbons (Fsp3) is 0.462. The molecular formula is C13H16O3. The van der Waals surface area contributed by atoms with E-state index in [0.29, 0.717) is 6.42 Å². The summed E-state index contributed by atoms with van der Waals surface area (Å²) in [5.74, 6) is -0.229. The number of ether oxygens (including phenoxy) is 1. The molecule has 0 aliphatic carbocycles. The maximum Gasteiger partial charge on any atom is 0.312 e. The zero-order valence-electron chi connectivity index (χ0n) is 9.51. The summed E-state index contributed by atoms with van der Waals surface area (Å²) in [5.41, 5.74) is 0.304. The Morgan fingerprint density at radius 2 is 2.00 bits per heavy atom. The van der Waals surface area contributed by atoms with Gasteiger partial charge in [0.25, 0.3) is 0 Å². The van der Waals surface area contributed by atoms with Gasteiger partial charge in [0.05, 0.1) is 5.41 Å². The van der Waals surface area contributed by atoms with E-state index < -0.39 is 17.6 Å². The summed E-state index contributed by atoms with van der Waals surface area (Å²) in [6, 6.07) is 9.29. The summed E-state index contributed by atoms with van der Waals surface area (Å²) in [6.45, 7) is 3.68. The SMILES string of the molecule is CC1(C)C[C@H]([C@@H](O)c2ccccc2)OC1=O. The molecule has 3 heteroatoms. The average Bonchev–Trinajstić information content (AvgIpc) is 2.54. The summed E-state index contributed by atoms with van der Waals surface area (Å²) in [4.78, 5) is 11.5. The van der Waals surface area contributed by atoms with Crippen LogP contribution in [0.15, 0.2) is 30.3 Å². The summed E-state index contributed by atoms with van der Waals surface area (Å²) in [5, 5.41) is 10.1. The molecule has 1 aliphatic heterocycles. The van der Waals surface area contributed by atoms with E-state index in [1.165, 1.54) is 0 Å². The van der Waals surface area contributed by atoms with Gasteiger partial charge in [-0.2, -0.15) is 0 Å². The molecule has 1 aromatic carbocycles. The van der Waals surface area contributed by atoms with Crippen molar-refractivity contribution in [3.8, 4) is 0 Å². The lowest BCUT2D eigenvalue weighted by Gasteiger charge is -2.17. The number of rotatable bonds is 2. The Balaban J connectivity index is 2.14. The standard InChI is InChI=1S/C13H16O3/c1-13(2)8-10(16-12(13)15)11(14)9-6-4-3-5-7-9/h3-7,10-11,14H,8H2,1-2H3/t10-,11+/m1/s1. The third kappa shape index (κ3) is 1.95. The lowest BCUT2D eigenvalue weighted by atomic mass is 9.87. The zero-order valence-corrected chi connectivity index (χ0v) is 9.51. The first-order valence-electron chi connectivity index (χ1n) is 5.45. The third-order valence-corrected chi connectivity index (χ3v) is 3.02. The molecule has 0 saturated carbocycles. The molecule has 0 aromatic heterocycles. The van der Waals surface area contributed by atoms with E-state index in [1.54, 1.807) is 0 Å². The number of benzene rings is 1. The highest BCUT2D eigenvalue weighted by Gasteiger charge is 2.44. The van der Waals surface area contributed by atoms with Crippen molar-refractivity contribution < 1.29 is 14.6 Å². The molecular weight excluding hydrogens is 204 g/mol. The van der Waals surface area contributed by atoms with Gasteiger partial charge in [0.1, 0.15) is 12.2 Å².